The molecule has 0 saturated carbocycles. The molecule has 0 saturated heterocycles. The molecule has 0 aromatic heterocycles. The van der Waals surface area contributed by atoms with Crippen LogP contribution >= 0.6 is 0 Å². The van der Waals surface area contributed by atoms with Gasteiger partial charge in [-0.2, -0.15) is 5.11 Å². The summed E-state index contributed by atoms with van der Waals surface area (Å²) < 4.78 is 25.0. The first-order valence-electron chi connectivity index (χ1n) is 7.90. The molecule has 0 aliphatic heterocycles. The van der Waals surface area contributed by atoms with Crippen molar-refractivity contribution in [3.63, 3.8) is 0 Å². The molecule has 2 aromatic carbocycles. The van der Waals surface area contributed by atoms with Crippen molar-refractivity contribution in [2.24, 2.45) is 10.2 Å². The number of sulfone groups is 1. The van der Waals surface area contributed by atoms with E-state index in [-0.39, 0.29) is 10.6 Å². The minimum atomic E-state index is -3.41. The van der Waals surface area contributed by atoms with E-state index in [0.29, 0.717) is 28.2 Å². The van der Waals surface area contributed by atoms with Crippen molar-refractivity contribution in [2.75, 3.05) is 5.73 Å². The van der Waals surface area contributed by atoms with Crippen LogP contribution in [0.15, 0.2) is 39.4 Å². The van der Waals surface area contributed by atoms with Crippen molar-refractivity contribution >= 4 is 26.9 Å². The highest BCUT2D eigenvalue weighted by atomic mass is 32.2. The number of rotatable bonds is 4. The van der Waals surface area contributed by atoms with E-state index >= 15 is 0 Å². The van der Waals surface area contributed by atoms with Crippen molar-refractivity contribution < 1.29 is 13.5 Å². The Bertz CT molecular complexity index is 949. The van der Waals surface area contributed by atoms with Gasteiger partial charge < -0.3 is 10.8 Å². The molecule has 0 spiro atoms. The van der Waals surface area contributed by atoms with Crippen LogP contribution in [0.1, 0.15) is 30.5 Å². The van der Waals surface area contributed by atoms with Crippen molar-refractivity contribution in [1.82, 2.24) is 0 Å². The molecule has 0 aliphatic carbocycles. The van der Waals surface area contributed by atoms with E-state index in [1.54, 1.807) is 45.9 Å². The van der Waals surface area contributed by atoms with Crippen LogP contribution in [0.4, 0.5) is 17.1 Å². The number of hydrogen-bond acceptors (Lipinski definition) is 6. The molecule has 0 aliphatic rings. The highest BCUT2D eigenvalue weighted by Gasteiger charge is 2.22. The van der Waals surface area contributed by atoms with Crippen LogP contribution in [0.25, 0.3) is 0 Å². The van der Waals surface area contributed by atoms with E-state index in [2.05, 4.69) is 10.2 Å². The summed E-state index contributed by atoms with van der Waals surface area (Å²) in [6.07, 6.45) is 0. The molecule has 0 unspecified atom stereocenters. The zero-order chi connectivity index (χ0) is 18.9. The summed E-state index contributed by atoms with van der Waals surface area (Å²) in [4.78, 5) is 0.261. The largest absolute Gasteiger partial charge is 0.508 e. The van der Waals surface area contributed by atoms with E-state index in [1.165, 1.54) is 6.07 Å². The summed E-state index contributed by atoms with van der Waals surface area (Å²) in [5.41, 5.74) is 9.17. The fourth-order valence-electron chi connectivity index (χ4n) is 2.38. The van der Waals surface area contributed by atoms with Crippen LogP contribution in [-0.2, 0) is 9.84 Å². The molecule has 2 aromatic rings. The Labute approximate surface area is 148 Å². The quantitative estimate of drug-likeness (QED) is 0.618. The van der Waals surface area contributed by atoms with Gasteiger partial charge in [0.15, 0.2) is 9.84 Å². The molecule has 134 valence electrons. The third-order valence-electron chi connectivity index (χ3n) is 4.03. The normalized spacial score (nSPS) is 12.2. The molecule has 2 rings (SSSR count). The Morgan fingerprint density at radius 3 is 2.12 bits per heavy atom. The molecule has 25 heavy (non-hydrogen) atoms. The Kier molecular flexibility index (Phi) is 5.17. The summed E-state index contributed by atoms with van der Waals surface area (Å²) in [7, 11) is -3.41. The average molecular weight is 361 g/mol. The van der Waals surface area contributed by atoms with Crippen LogP contribution in [-0.4, -0.2) is 18.8 Å². The second-order valence-electron chi connectivity index (χ2n) is 6.40. The first-order chi connectivity index (χ1) is 11.5. The fraction of sp³-hybridized carbons (Fsp3) is 0.333. The number of benzene rings is 2. The molecule has 0 bridgehead atoms. The second-order valence-corrected chi connectivity index (χ2v) is 8.87. The lowest BCUT2D eigenvalue weighted by Crippen LogP contribution is -2.15. The van der Waals surface area contributed by atoms with E-state index in [4.69, 9.17) is 5.73 Å². The molecular formula is C18H23N3O3S. The lowest BCUT2D eigenvalue weighted by atomic mass is 10.1. The van der Waals surface area contributed by atoms with Crippen LogP contribution in [0.5, 0.6) is 5.75 Å². The van der Waals surface area contributed by atoms with Gasteiger partial charge >= 0.3 is 0 Å². The summed E-state index contributed by atoms with van der Waals surface area (Å²) in [6.45, 7) is 8.65. The van der Waals surface area contributed by atoms with Gasteiger partial charge in [0.05, 0.1) is 21.5 Å². The Morgan fingerprint density at radius 2 is 1.52 bits per heavy atom. The molecular weight excluding hydrogens is 338 g/mol. The Hall–Kier alpha value is -2.41. The van der Waals surface area contributed by atoms with Gasteiger partial charge in [-0.15, -0.1) is 5.11 Å². The maximum atomic E-state index is 12.5. The van der Waals surface area contributed by atoms with Crippen molar-refractivity contribution in [1.29, 1.82) is 0 Å². The lowest BCUT2D eigenvalue weighted by molar-refractivity contribution is 0.471. The molecule has 0 amide bonds. The van der Waals surface area contributed by atoms with Gasteiger partial charge in [-0.25, -0.2) is 8.42 Å². The fourth-order valence-corrected chi connectivity index (χ4v) is 3.67. The van der Waals surface area contributed by atoms with Crippen molar-refractivity contribution in [2.45, 2.75) is 44.8 Å². The summed E-state index contributed by atoms with van der Waals surface area (Å²) >= 11 is 0. The minimum Gasteiger partial charge on any atom is -0.508 e. The molecule has 0 radical (unpaired) electrons. The maximum absolute atomic E-state index is 12.5. The molecule has 3 N–H and O–H groups in total. The topological polar surface area (TPSA) is 105 Å². The standard InChI is InChI=1S/C18H23N3O3S/c1-10(2)25(23,24)18-9-15(11(3)6-13(18)5)20-21-16-7-12(4)17(22)8-14(16)19/h6-10,22H,19H2,1-5H3. The lowest BCUT2D eigenvalue weighted by Gasteiger charge is -2.12. The Balaban J connectivity index is 2.52. The molecule has 0 fully saturated rings. The molecule has 0 heterocycles. The molecule has 6 nitrogen and oxygen atoms in total. The van der Waals surface area contributed by atoms with Crippen molar-refractivity contribution in [3.8, 4) is 5.75 Å². The SMILES string of the molecule is Cc1cc(N=Nc2cc(S(=O)(=O)C(C)C)c(C)cc2C)c(N)cc1O. The second kappa shape index (κ2) is 6.84. The van der Waals surface area contributed by atoms with Crippen LogP contribution in [0, 0.1) is 20.8 Å². The van der Waals surface area contributed by atoms with Gasteiger partial charge in [-0.05, 0) is 63.4 Å². The minimum absolute atomic E-state index is 0.0910. The van der Waals surface area contributed by atoms with Gasteiger partial charge in [0.25, 0.3) is 0 Å². The van der Waals surface area contributed by atoms with Gasteiger partial charge in [0.2, 0.25) is 0 Å². The number of phenols is 1. The number of aryl methyl sites for hydroxylation is 3. The van der Waals surface area contributed by atoms with Crippen LogP contribution < -0.4 is 5.73 Å². The highest BCUT2D eigenvalue weighted by molar-refractivity contribution is 7.92. The van der Waals surface area contributed by atoms with Crippen LogP contribution in [0.2, 0.25) is 0 Å². The number of aromatic hydroxyl groups is 1. The third-order valence-corrected chi connectivity index (χ3v) is 6.33. The van der Waals surface area contributed by atoms with Gasteiger partial charge in [0, 0.05) is 6.07 Å². The zero-order valence-corrected chi connectivity index (χ0v) is 15.8. The van der Waals surface area contributed by atoms with E-state index in [0.717, 1.165) is 5.56 Å². The summed E-state index contributed by atoms with van der Waals surface area (Å²) in [6, 6.07) is 6.38. The molecule has 7 heteroatoms. The number of anilines is 1. The van der Waals surface area contributed by atoms with Gasteiger partial charge in [-0.3, -0.25) is 0 Å². The first kappa shape index (κ1) is 18.9. The van der Waals surface area contributed by atoms with E-state index in [9.17, 15) is 13.5 Å². The number of nitrogens with zero attached hydrogens (tertiary/aromatic N) is 2. The summed E-state index contributed by atoms with van der Waals surface area (Å²) in [5.74, 6) is 0.0910. The smallest absolute Gasteiger partial charge is 0.181 e. The first-order valence-corrected chi connectivity index (χ1v) is 9.44. The van der Waals surface area contributed by atoms with Crippen molar-refractivity contribution in [3.05, 3.63) is 41.0 Å². The van der Waals surface area contributed by atoms with Gasteiger partial charge in [0.1, 0.15) is 11.4 Å². The predicted molar refractivity (Wildman–Crippen MR) is 99.7 cm³/mol. The number of nitrogen functional groups attached to an aromatic ring is 1. The van der Waals surface area contributed by atoms with Gasteiger partial charge in [-0.1, -0.05) is 6.07 Å². The monoisotopic (exact) mass is 361 g/mol. The number of phenolic OH excluding ortho intramolecular Hbond substituents is 1. The highest BCUT2D eigenvalue weighted by Crippen LogP contribution is 2.33. The summed E-state index contributed by atoms with van der Waals surface area (Å²) in [5, 5.41) is 17.4. The number of azo groups is 1. The average Bonchev–Trinajstić information content (AvgIpc) is 2.50. The Morgan fingerprint density at radius 1 is 0.920 bits per heavy atom. The number of hydrogen-bond donors (Lipinski definition) is 2. The zero-order valence-electron chi connectivity index (χ0n) is 15.0. The third kappa shape index (κ3) is 3.82. The predicted octanol–water partition coefficient (Wildman–Crippen LogP) is 4.50. The molecule has 0 atom stereocenters. The van der Waals surface area contributed by atoms with E-state index in [1.807, 2.05) is 6.92 Å². The number of nitrogens with two attached hydrogens (primary N) is 1. The van der Waals surface area contributed by atoms with E-state index < -0.39 is 15.1 Å². The van der Waals surface area contributed by atoms with Crippen LogP contribution in [0.3, 0.4) is 0 Å². The maximum Gasteiger partial charge on any atom is 0.181 e.